The minimum absolute atomic E-state index is 0.740. The predicted octanol–water partition coefficient (Wildman–Crippen LogP) is 0.547. The van der Waals surface area contributed by atoms with E-state index in [1.165, 1.54) is 0 Å². The highest BCUT2D eigenvalue weighted by Gasteiger charge is 2.13. The van der Waals surface area contributed by atoms with E-state index >= 15 is 0 Å². The van der Waals surface area contributed by atoms with Gasteiger partial charge in [-0.25, -0.2) is 9.99 Å². The second-order valence-electron chi connectivity index (χ2n) is 4.33. The molecule has 1 aliphatic rings. The van der Waals surface area contributed by atoms with Gasteiger partial charge in [-0.3, -0.25) is 0 Å². The summed E-state index contributed by atoms with van der Waals surface area (Å²) in [6.07, 6.45) is 1.70. The lowest BCUT2D eigenvalue weighted by Gasteiger charge is -2.32. The standard InChI is InChI=1S/C11H19N5/c1-9-7-11(13-8-10(9)12)14-16-5-3-15(2)4-6-16/h7-8H,3-6,12H2,1-2H3,(H,13,14). The lowest BCUT2D eigenvalue weighted by molar-refractivity contribution is 0.178. The molecule has 5 heteroatoms. The third kappa shape index (κ3) is 2.62. The number of nitrogens with one attached hydrogen (secondary N) is 1. The molecule has 3 N–H and O–H groups in total. The van der Waals surface area contributed by atoms with E-state index in [1.807, 2.05) is 13.0 Å². The van der Waals surface area contributed by atoms with Gasteiger partial charge in [-0.2, -0.15) is 0 Å². The first-order chi connectivity index (χ1) is 7.65. The maximum Gasteiger partial charge on any atom is 0.140 e. The number of aromatic nitrogens is 1. The zero-order valence-corrected chi connectivity index (χ0v) is 9.90. The molecule has 1 aromatic heterocycles. The molecule has 0 atom stereocenters. The second-order valence-corrected chi connectivity index (χ2v) is 4.33. The normalized spacial score (nSPS) is 18.6. The number of piperazine rings is 1. The van der Waals surface area contributed by atoms with Crippen LogP contribution < -0.4 is 11.2 Å². The number of anilines is 2. The number of nitrogens with two attached hydrogens (primary N) is 1. The molecule has 1 aromatic rings. The van der Waals surface area contributed by atoms with E-state index < -0.39 is 0 Å². The van der Waals surface area contributed by atoms with Crippen LogP contribution >= 0.6 is 0 Å². The van der Waals surface area contributed by atoms with Gasteiger partial charge in [0.1, 0.15) is 5.82 Å². The molecule has 0 unspecified atom stereocenters. The lowest BCUT2D eigenvalue weighted by atomic mass is 10.2. The molecule has 5 nitrogen and oxygen atoms in total. The molecule has 0 radical (unpaired) electrons. The van der Waals surface area contributed by atoms with Crippen molar-refractivity contribution >= 4 is 11.5 Å². The molecule has 0 aliphatic carbocycles. The molecule has 1 aliphatic heterocycles. The Morgan fingerprint density at radius 1 is 1.31 bits per heavy atom. The van der Waals surface area contributed by atoms with Gasteiger partial charge in [0.2, 0.25) is 0 Å². The van der Waals surface area contributed by atoms with Gasteiger partial charge < -0.3 is 16.1 Å². The van der Waals surface area contributed by atoms with E-state index in [1.54, 1.807) is 6.20 Å². The highest BCUT2D eigenvalue weighted by atomic mass is 15.5. The van der Waals surface area contributed by atoms with E-state index in [0.29, 0.717) is 0 Å². The summed E-state index contributed by atoms with van der Waals surface area (Å²) in [5.41, 5.74) is 10.8. The highest BCUT2D eigenvalue weighted by Crippen LogP contribution is 2.14. The van der Waals surface area contributed by atoms with Gasteiger partial charge in [-0.15, -0.1) is 0 Å². The van der Waals surface area contributed by atoms with Crippen molar-refractivity contribution in [3.8, 4) is 0 Å². The van der Waals surface area contributed by atoms with Crippen molar-refractivity contribution in [3.05, 3.63) is 17.8 Å². The molecule has 0 amide bonds. The molecule has 1 fully saturated rings. The Balaban J connectivity index is 1.96. The highest BCUT2D eigenvalue weighted by molar-refractivity contribution is 5.50. The number of nitrogens with zero attached hydrogens (tertiary/aromatic N) is 3. The van der Waals surface area contributed by atoms with Gasteiger partial charge in [0.15, 0.2) is 0 Å². The number of hydrogen-bond acceptors (Lipinski definition) is 5. The predicted molar refractivity (Wildman–Crippen MR) is 66.1 cm³/mol. The quantitative estimate of drug-likeness (QED) is 0.763. The molecule has 0 saturated carbocycles. The van der Waals surface area contributed by atoms with Crippen molar-refractivity contribution in [3.63, 3.8) is 0 Å². The van der Waals surface area contributed by atoms with E-state index in [0.717, 1.165) is 43.2 Å². The van der Waals surface area contributed by atoms with Crippen LogP contribution in [-0.2, 0) is 0 Å². The van der Waals surface area contributed by atoms with Crippen molar-refractivity contribution in [2.24, 2.45) is 0 Å². The van der Waals surface area contributed by atoms with Gasteiger partial charge in [-0.1, -0.05) is 0 Å². The first-order valence-electron chi connectivity index (χ1n) is 5.57. The molecule has 88 valence electrons. The summed E-state index contributed by atoms with van der Waals surface area (Å²) >= 11 is 0. The number of aryl methyl sites for hydroxylation is 1. The summed E-state index contributed by atoms with van der Waals surface area (Å²) in [6, 6.07) is 1.98. The van der Waals surface area contributed by atoms with Gasteiger partial charge in [0, 0.05) is 26.2 Å². The number of likely N-dealkylation sites (N-methyl/N-ethyl adjacent to an activating group) is 1. The average molecular weight is 221 g/mol. The third-order valence-electron chi connectivity index (χ3n) is 2.93. The Morgan fingerprint density at radius 3 is 2.62 bits per heavy atom. The Morgan fingerprint density at radius 2 is 2.00 bits per heavy atom. The van der Waals surface area contributed by atoms with Crippen LogP contribution in [0.4, 0.5) is 11.5 Å². The van der Waals surface area contributed by atoms with E-state index in [-0.39, 0.29) is 0 Å². The van der Waals surface area contributed by atoms with Crippen LogP contribution in [0.25, 0.3) is 0 Å². The van der Waals surface area contributed by atoms with E-state index in [2.05, 4.69) is 27.4 Å². The summed E-state index contributed by atoms with van der Waals surface area (Å²) in [6.45, 7) is 6.19. The van der Waals surface area contributed by atoms with Crippen LogP contribution in [0.1, 0.15) is 5.56 Å². The summed E-state index contributed by atoms with van der Waals surface area (Å²) in [5, 5.41) is 2.19. The van der Waals surface area contributed by atoms with Crippen LogP contribution in [0.15, 0.2) is 12.3 Å². The molecular formula is C11H19N5. The molecule has 0 aromatic carbocycles. The summed E-state index contributed by atoms with van der Waals surface area (Å²) in [4.78, 5) is 6.58. The zero-order valence-electron chi connectivity index (χ0n) is 9.90. The average Bonchev–Trinajstić information content (AvgIpc) is 2.27. The maximum atomic E-state index is 5.73. The first kappa shape index (κ1) is 11.2. The number of rotatable bonds is 2. The minimum atomic E-state index is 0.740. The maximum absolute atomic E-state index is 5.73. The largest absolute Gasteiger partial charge is 0.397 e. The van der Waals surface area contributed by atoms with Crippen LogP contribution in [0, 0.1) is 6.92 Å². The fourth-order valence-corrected chi connectivity index (χ4v) is 1.71. The molecule has 2 rings (SSSR count). The number of hydrazine groups is 1. The topological polar surface area (TPSA) is 57.4 Å². The SMILES string of the molecule is Cc1cc(NN2CCN(C)CC2)ncc1N. The van der Waals surface area contributed by atoms with Gasteiger partial charge in [-0.05, 0) is 25.6 Å². The Kier molecular flexibility index (Phi) is 3.26. The molecular weight excluding hydrogens is 202 g/mol. The second kappa shape index (κ2) is 4.67. The van der Waals surface area contributed by atoms with Gasteiger partial charge >= 0.3 is 0 Å². The minimum Gasteiger partial charge on any atom is -0.397 e. The molecule has 2 heterocycles. The molecule has 0 spiro atoms. The van der Waals surface area contributed by atoms with Crippen LogP contribution in [0.3, 0.4) is 0 Å². The Labute approximate surface area is 96.2 Å². The third-order valence-corrected chi connectivity index (χ3v) is 2.93. The Hall–Kier alpha value is -1.33. The first-order valence-corrected chi connectivity index (χ1v) is 5.57. The fourth-order valence-electron chi connectivity index (χ4n) is 1.71. The van der Waals surface area contributed by atoms with Crippen LogP contribution in [-0.4, -0.2) is 48.1 Å². The van der Waals surface area contributed by atoms with Crippen LogP contribution in [0.2, 0.25) is 0 Å². The van der Waals surface area contributed by atoms with E-state index in [9.17, 15) is 0 Å². The Bertz CT molecular complexity index is 357. The monoisotopic (exact) mass is 221 g/mol. The molecule has 0 bridgehead atoms. The number of nitrogen functional groups attached to an aromatic ring is 1. The van der Waals surface area contributed by atoms with E-state index in [4.69, 9.17) is 5.73 Å². The van der Waals surface area contributed by atoms with Crippen molar-refractivity contribution in [2.45, 2.75) is 6.92 Å². The lowest BCUT2D eigenvalue weighted by Crippen LogP contribution is -2.47. The summed E-state index contributed by atoms with van der Waals surface area (Å²) < 4.78 is 0. The van der Waals surface area contributed by atoms with Crippen molar-refractivity contribution < 1.29 is 0 Å². The fraction of sp³-hybridized carbons (Fsp3) is 0.545. The smallest absolute Gasteiger partial charge is 0.140 e. The summed E-state index contributed by atoms with van der Waals surface area (Å²) in [7, 11) is 2.14. The summed E-state index contributed by atoms with van der Waals surface area (Å²) in [5.74, 6) is 0.872. The molecule has 1 saturated heterocycles. The number of hydrogen-bond donors (Lipinski definition) is 2. The van der Waals surface area contributed by atoms with Crippen LogP contribution in [0.5, 0.6) is 0 Å². The van der Waals surface area contributed by atoms with Gasteiger partial charge in [0.05, 0.1) is 11.9 Å². The van der Waals surface area contributed by atoms with Gasteiger partial charge in [0.25, 0.3) is 0 Å². The molecule has 16 heavy (non-hydrogen) atoms. The van der Waals surface area contributed by atoms with Crippen molar-refractivity contribution in [1.29, 1.82) is 0 Å². The number of pyridine rings is 1. The van der Waals surface area contributed by atoms with Crippen molar-refractivity contribution in [1.82, 2.24) is 14.9 Å². The zero-order chi connectivity index (χ0) is 11.5. The van der Waals surface area contributed by atoms with Crippen molar-refractivity contribution in [2.75, 3.05) is 44.4 Å².